The molecule has 0 amide bonds. The number of aryl methyl sites for hydroxylation is 2. The van der Waals surface area contributed by atoms with Crippen molar-refractivity contribution in [2.45, 2.75) is 85.5 Å². The zero-order valence-electron chi connectivity index (χ0n) is 29.8. The summed E-state index contributed by atoms with van der Waals surface area (Å²) < 4.78 is 4.76. The van der Waals surface area contributed by atoms with Crippen molar-refractivity contribution in [1.82, 2.24) is 0 Å². The molecule has 2 nitrogen and oxygen atoms in total. The molecule has 0 atom stereocenters. The van der Waals surface area contributed by atoms with E-state index in [2.05, 4.69) is 188 Å². The predicted octanol–water partition coefficient (Wildman–Crippen LogP) is 10.6. The molecule has 2 heterocycles. The molecule has 0 spiro atoms. The average Bonchev–Trinajstić information content (AvgIpc) is 3.26. The van der Waals surface area contributed by atoms with Crippen molar-refractivity contribution < 1.29 is 9.35 Å². The fourth-order valence-electron chi connectivity index (χ4n) is 7.77. The molecule has 1 aliphatic carbocycles. The molecule has 0 fully saturated rings. The third kappa shape index (κ3) is 5.01. The molecule has 47 heavy (non-hydrogen) atoms. The van der Waals surface area contributed by atoms with Gasteiger partial charge in [-0.3, -0.25) is 0 Å². The van der Waals surface area contributed by atoms with Crippen LogP contribution in [-0.4, -0.2) is 0 Å². The standard InChI is InChI=1S/C45H48N2/c1-29-18-22-37-36-23-19-31-15-11-12-16-35(31)41(36)45(9,10)42(37)40(29)39-17-13-14-26-46(39)47-28-33(44(6,7)8)21-25-38(47)34-24-20-32(27-30(34)2)43(3,4)5/h11-28H,1-10H3/q+2. The summed E-state index contributed by atoms with van der Waals surface area (Å²) in [7, 11) is 0. The summed E-state index contributed by atoms with van der Waals surface area (Å²) in [6, 6.07) is 36.4. The SMILES string of the molecule is Cc1cc(C(C)(C)C)ccc1-c1ccc(C(C)(C)C)c[n+]1-[n+]1ccccc1-c1c(C)ccc2c1C(C)(C)c1c-2ccc2ccccc12. The second kappa shape index (κ2) is 10.7. The molecule has 0 N–H and O–H groups in total. The van der Waals surface area contributed by atoms with E-state index < -0.39 is 0 Å². The van der Waals surface area contributed by atoms with Crippen molar-refractivity contribution in [3.8, 4) is 33.6 Å². The molecular weight excluding hydrogens is 569 g/mol. The van der Waals surface area contributed by atoms with Crippen LogP contribution in [0.2, 0.25) is 0 Å². The van der Waals surface area contributed by atoms with Crippen molar-refractivity contribution in [3.05, 3.63) is 143 Å². The molecule has 0 aliphatic heterocycles. The highest BCUT2D eigenvalue weighted by Gasteiger charge is 2.42. The Morgan fingerprint density at radius 3 is 1.89 bits per heavy atom. The molecule has 0 saturated heterocycles. The maximum Gasteiger partial charge on any atom is 0.284 e. The number of hydrogen-bond acceptors (Lipinski definition) is 0. The molecular formula is C45H48N2+2. The van der Waals surface area contributed by atoms with Crippen LogP contribution in [0.5, 0.6) is 0 Å². The molecule has 2 aromatic heterocycles. The molecule has 0 unspecified atom stereocenters. The van der Waals surface area contributed by atoms with Gasteiger partial charge in [0.2, 0.25) is 12.4 Å². The third-order valence-corrected chi connectivity index (χ3v) is 10.4. The summed E-state index contributed by atoms with van der Waals surface area (Å²) in [6.07, 6.45) is 4.58. The van der Waals surface area contributed by atoms with Gasteiger partial charge in [-0.2, -0.15) is 0 Å². The maximum atomic E-state index is 2.42. The number of nitrogens with zero attached hydrogens (tertiary/aromatic N) is 2. The van der Waals surface area contributed by atoms with Crippen LogP contribution >= 0.6 is 0 Å². The Morgan fingerprint density at radius 1 is 0.532 bits per heavy atom. The van der Waals surface area contributed by atoms with E-state index in [1.807, 2.05) is 0 Å². The van der Waals surface area contributed by atoms with E-state index in [0.717, 1.165) is 0 Å². The van der Waals surface area contributed by atoms with E-state index in [4.69, 9.17) is 0 Å². The molecule has 7 rings (SSSR count). The van der Waals surface area contributed by atoms with Crippen LogP contribution < -0.4 is 9.35 Å². The number of rotatable bonds is 3. The largest absolute Gasteiger partial charge is 0.284 e. The van der Waals surface area contributed by atoms with Gasteiger partial charge >= 0.3 is 0 Å². The van der Waals surface area contributed by atoms with Crippen LogP contribution in [0.1, 0.15) is 88.8 Å². The topological polar surface area (TPSA) is 7.76 Å². The number of hydrogen-bond donors (Lipinski definition) is 0. The molecule has 0 bridgehead atoms. The number of fused-ring (bicyclic) bond motifs is 5. The monoisotopic (exact) mass is 616 g/mol. The van der Waals surface area contributed by atoms with Gasteiger partial charge < -0.3 is 0 Å². The lowest BCUT2D eigenvalue weighted by Gasteiger charge is -2.25. The van der Waals surface area contributed by atoms with Crippen LogP contribution in [0.3, 0.4) is 0 Å². The number of benzene rings is 4. The van der Waals surface area contributed by atoms with Gasteiger partial charge in [0.05, 0.1) is 20.5 Å². The fraction of sp³-hybridized carbons (Fsp3) is 0.289. The van der Waals surface area contributed by atoms with Gasteiger partial charge in [0, 0.05) is 29.2 Å². The Kier molecular flexibility index (Phi) is 7.10. The average molecular weight is 617 g/mol. The minimum atomic E-state index is -0.180. The number of pyridine rings is 2. The van der Waals surface area contributed by atoms with Crippen LogP contribution in [0.15, 0.2) is 109 Å². The highest BCUT2D eigenvalue weighted by Crippen LogP contribution is 2.54. The van der Waals surface area contributed by atoms with E-state index in [9.17, 15) is 0 Å². The zero-order valence-corrected chi connectivity index (χ0v) is 29.8. The molecule has 236 valence electrons. The lowest BCUT2D eigenvalue weighted by Crippen LogP contribution is -2.68. The Morgan fingerprint density at radius 2 is 1.17 bits per heavy atom. The summed E-state index contributed by atoms with van der Waals surface area (Å²) in [5.74, 6) is 0. The predicted molar refractivity (Wildman–Crippen MR) is 197 cm³/mol. The van der Waals surface area contributed by atoms with E-state index >= 15 is 0 Å². The minimum absolute atomic E-state index is 0.00444. The third-order valence-electron chi connectivity index (χ3n) is 10.4. The fourth-order valence-corrected chi connectivity index (χ4v) is 7.77. The molecule has 0 radical (unpaired) electrons. The van der Waals surface area contributed by atoms with E-state index in [1.165, 1.54) is 77.8 Å². The summed E-state index contributed by atoms with van der Waals surface area (Å²) in [4.78, 5) is 0. The summed E-state index contributed by atoms with van der Waals surface area (Å²) in [5, 5.41) is 2.65. The van der Waals surface area contributed by atoms with Crippen LogP contribution in [0, 0.1) is 13.8 Å². The Labute approximate surface area is 281 Å². The molecule has 6 aromatic rings. The van der Waals surface area contributed by atoms with Gasteiger partial charge in [-0.25, -0.2) is 0 Å². The minimum Gasteiger partial charge on any atom is -0.0616 e. The van der Waals surface area contributed by atoms with Crippen molar-refractivity contribution >= 4 is 10.8 Å². The van der Waals surface area contributed by atoms with Crippen LogP contribution in [0.4, 0.5) is 0 Å². The first-order chi connectivity index (χ1) is 22.2. The molecule has 4 aromatic carbocycles. The quantitative estimate of drug-likeness (QED) is 0.175. The van der Waals surface area contributed by atoms with Crippen LogP contribution in [0.25, 0.3) is 44.4 Å². The Bertz CT molecular complexity index is 2200. The summed E-state index contributed by atoms with van der Waals surface area (Å²) in [5.41, 5.74) is 15.6. The molecule has 2 heteroatoms. The van der Waals surface area contributed by atoms with Gasteiger partial charge in [-0.1, -0.05) is 116 Å². The highest BCUT2D eigenvalue weighted by atomic mass is 15.5. The Hall–Kier alpha value is -4.56. The van der Waals surface area contributed by atoms with Gasteiger partial charge in [-0.15, -0.1) is 0 Å². The van der Waals surface area contributed by atoms with Gasteiger partial charge in [0.15, 0.2) is 0 Å². The molecule has 0 saturated carbocycles. The van der Waals surface area contributed by atoms with Gasteiger partial charge in [0.25, 0.3) is 11.4 Å². The van der Waals surface area contributed by atoms with Crippen molar-refractivity contribution in [3.63, 3.8) is 0 Å². The normalized spacial score (nSPS) is 13.9. The van der Waals surface area contributed by atoms with Gasteiger partial charge in [-0.05, 0) is 92.6 Å². The number of aromatic nitrogens is 2. The Balaban J connectivity index is 1.51. The summed E-state index contributed by atoms with van der Waals surface area (Å²) >= 11 is 0. The lowest BCUT2D eigenvalue weighted by atomic mass is 9.77. The first-order valence-corrected chi connectivity index (χ1v) is 17.0. The lowest BCUT2D eigenvalue weighted by molar-refractivity contribution is -1.29. The van der Waals surface area contributed by atoms with Crippen molar-refractivity contribution in [2.75, 3.05) is 0 Å². The highest BCUT2D eigenvalue weighted by molar-refractivity contribution is 5.99. The van der Waals surface area contributed by atoms with Gasteiger partial charge in [0.1, 0.15) is 0 Å². The smallest absolute Gasteiger partial charge is 0.0616 e. The first kappa shape index (κ1) is 31.1. The van der Waals surface area contributed by atoms with Crippen LogP contribution in [-0.2, 0) is 16.2 Å². The second-order valence-corrected chi connectivity index (χ2v) is 16.1. The summed E-state index contributed by atoms with van der Waals surface area (Å²) in [6.45, 7) is 23.1. The zero-order chi connectivity index (χ0) is 33.5. The van der Waals surface area contributed by atoms with E-state index in [0.29, 0.717) is 0 Å². The maximum absolute atomic E-state index is 2.42. The van der Waals surface area contributed by atoms with Crippen molar-refractivity contribution in [1.29, 1.82) is 0 Å². The second-order valence-electron chi connectivity index (χ2n) is 16.1. The van der Waals surface area contributed by atoms with E-state index in [-0.39, 0.29) is 16.2 Å². The first-order valence-electron chi connectivity index (χ1n) is 17.0. The van der Waals surface area contributed by atoms with E-state index in [1.54, 1.807) is 0 Å². The van der Waals surface area contributed by atoms with Crippen molar-refractivity contribution in [2.24, 2.45) is 0 Å². The molecule has 1 aliphatic rings.